The molecule has 3 N–H and O–H groups in total. The molecule has 0 amide bonds. The second-order valence-electron chi connectivity index (χ2n) is 5.23. The third kappa shape index (κ3) is 2.57. The highest BCUT2D eigenvalue weighted by molar-refractivity contribution is 6.30. The number of rotatable bonds is 4. The van der Waals surface area contributed by atoms with Crippen LogP contribution in [0.25, 0.3) is 0 Å². The Morgan fingerprint density at radius 2 is 1.95 bits per heavy atom. The molecule has 2 aromatic carbocycles. The van der Waals surface area contributed by atoms with E-state index in [9.17, 15) is 4.39 Å². The van der Waals surface area contributed by atoms with Gasteiger partial charge in [-0.15, -0.1) is 0 Å². The van der Waals surface area contributed by atoms with Gasteiger partial charge in [0.05, 0.1) is 5.02 Å². The topological polar surface area (TPSA) is 38.0 Å². The van der Waals surface area contributed by atoms with Gasteiger partial charge >= 0.3 is 0 Å². The Kier molecular flexibility index (Phi) is 3.74. The third-order valence-electron chi connectivity index (χ3n) is 3.98. The predicted molar refractivity (Wildman–Crippen MR) is 78.8 cm³/mol. The van der Waals surface area contributed by atoms with E-state index in [1.807, 2.05) is 18.2 Å². The fourth-order valence-electron chi connectivity index (χ4n) is 2.84. The minimum Gasteiger partial charge on any atom is -0.271 e. The number of hydrazine groups is 1. The van der Waals surface area contributed by atoms with Gasteiger partial charge in [0.1, 0.15) is 5.82 Å². The second-order valence-corrected chi connectivity index (χ2v) is 5.64. The summed E-state index contributed by atoms with van der Waals surface area (Å²) >= 11 is 5.85. The summed E-state index contributed by atoms with van der Waals surface area (Å²) in [5, 5.41) is 0.139. The van der Waals surface area contributed by atoms with Gasteiger partial charge in [0.25, 0.3) is 0 Å². The summed E-state index contributed by atoms with van der Waals surface area (Å²) in [6.07, 6.45) is 1.08. The van der Waals surface area contributed by atoms with Crippen LogP contribution in [0.5, 0.6) is 0 Å². The average Bonchev–Trinajstić information content (AvgIpc) is 3.25. The highest BCUT2D eigenvalue weighted by atomic mass is 35.5. The van der Waals surface area contributed by atoms with Crippen molar-refractivity contribution in [2.45, 2.75) is 18.4 Å². The minimum absolute atomic E-state index is 0.00157. The van der Waals surface area contributed by atoms with Crippen LogP contribution in [0.4, 0.5) is 4.39 Å². The zero-order valence-corrected chi connectivity index (χ0v) is 11.6. The van der Waals surface area contributed by atoms with Crippen LogP contribution in [-0.2, 0) is 0 Å². The number of halogens is 2. The zero-order chi connectivity index (χ0) is 14.1. The highest BCUT2D eigenvalue weighted by Gasteiger charge is 2.44. The van der Waals surface area contributed by atoms with Gasteiger partial charge in [-0.1, -0.05) is 48.0 Å². The summed E-state index contributed by atoms with van der Waals surface area (Å²) in [5.74, 6) is 6.21. The molecule has 104 valence electrons. The summed E-state index contributed by atoms with van der Waals surface area (Å²) in [4.78, 5) is 0. The van der Waals surface area contributed by atoms with E-state index in [0.717, 1.165) is 12.0 Å². The molecule has 0 saturated heterocycles. The maximum atomic E-state index is 13.2. The van der Waals surface area contributed by atoms with Crippen molar-refractivity contribution in [3.63, 3.8) is 0 Å². The van der Waals surface area contributed by atoms with Crippen LogP contribution in [0.1, 0.15) is 29.5 Å². The minimum atomic E-state index is -0.401. The Morgan fingerprint density at radius 3 is 2.60 bits per heavy atom. The molecule has 0 aliphatic heterocycles. The molecule has 0 radical (unpaired) electrons. The Hall–Kier alpha value is -1.42. The first-order valence-electron chi connectivity index (χ1n) is 6.66. The Balaban J connectivity index is 1.80. The van der Waals surface area contributed by atoms with Crippen LogP contribution in [-0.4, -0.2) is 0 Å². The Labute approximate surface area is 122 Å². The van der Waals surface area contributed by atoms with Crippen LogP contribution in [0.3, 0.4) is 0 Å². The normalized spacial score (nSPS) is 22.6. The van der Waals surface area contributed by atoms with Gasteiger partial charge in [-0.25, -0.2) is 4.39 Å². The van der Waals surface area contributed by atoms with Gasteiger partial charge < -0.3 is 0 Å². The van der Waals surface area contributed by atoms with E-state index in [0.29, 0.717) is 11.8 Å². The summed E-state index contributed by atoms with van der Waals surface area (Å²) in [7, 11) is 0. The molecule has 0 aromatic heterocycles. The fourth-order valence-corrected chi connectivity index (χ4v) is 3.03. The number of hydrogen-bond acceptors (Lipinski definition) is 2. The Bertz CT molecular complexity index is 603. The molecule has 2 aromatic rings. The van der Waals surface area contributed by atoms with Gasteiger partial charge in [-0.3, -0.25) is 11.3 Å². The number of nitrogens with one attached hydrogen (secondary N) is 1. The highest BCUT2D eigenvalue weighted by Crippen LogP contribution is 2.53. The summed E-state index contributed by atoms with van der Waals surface area (Å²) in [5.41, 5.74) is 5.10. The molecule has 1 aliphatic rings. The van der Waals surface area contributed by atoms with Gasteiger partial charge in [-0.05, 0) is 41.5 Å². The summed E-state index contributed by atoms with van der Waals surface area (Å²) in [6.45, 7) is 0. The molecule has 1 fully saturated rings. The molecule has 1 saturated carbocycles. The molecule has 4 heteroatoms. The molecular formula is C16H16ClFN2. The second kappa shape index (κ2) is 5.52. The summed E-state index contributed by atoms with van der Waals surface area (Å²) in [6, 6.07) is 15.2. The van der Waals surface area contributed by atoms with Gasteiger partial charge in [0, 0.05) is 6.04 Å². The van der Waals surface area contributed by atoms with Crippen LogP contribution in [0, 0.1) is 11.7 Å². The predicted octanol–water partition coefficient (Wildman–Crippen LogP) is 3.79. The lowest BCUT2D eigenvalue weighted by atomic mass is 9.99. The van der Waals surface area contributed by atoms with Gasteiger partial charge in [0.15, 0.2) is 0 Å². The molecule has 3 rings (SSSR count). The SMILES string of the molecule is NNC(c1ccc(F)c(Cl)c1)C1CC1c1ccccc1. The first-order valence-corrected chi connectivity index (χ1v) is 7.04. The van der Waals surface area contributed by atoms with E-state index < -0.39 is 5.82 Å². The Morgan fingerprint density at radius 1 is 1.20 bits per heavy atom. The zero-order valence-electron chi connectivity index (χ0n) is 10.9. The largest absolute Gasteiger partial charge is 0.271 e. The summed E-state index contributed by atoms with van der Waals surface area (Å²) < 4.78 is 13.2. The monoisotopic (exact) mass is 290 g/mol. The van der Waals surface area contributed by atoms with E-state index in [1.165, 1.54) is 11.6 Å². The van der Waals surface area contributed by atoms with Crippen molar-refractivity contribution in [3.8, 4) is 0 Å². The molecule has 3 unspecified atom stereocenters. The molecule has 1 aliphatic carbocycles. The fraction of sp³-hybridized carbons (Fsp3) is 0.250. The van der Waals surface area contributed by atoms with Crippen molar-refractivity contribution in [1.82, 2.24) is 5.43 Å². The maximum Gasteiger partial charge on any atom is 0.141 e. The van der Waals surface area contributed by atoms with E-state index in [-0.39, 0.29) is 11.1 Å². The molecule has 3 atom stereocenters. The van der Waals surface area contributed by atoms with Crippen LogP contribution >= 0.6 is 11.6 Å². The van der Waals surface area contributed by atoms with Crippen molar-refractivity contribution in [3.05, 3.63) is 70.5 Å². The van der Waals surface area contributed by atoms with E-state index in [2.05, 4.69) is 17.6 Å². The first-order chi connectivity index (χ1) is 9.70. The number of nitrogens with two attached hydrogens (primary N) is 1. The van der Waals surface area contributed by atoms with Crippen LogP contribution in [0.2, 0.25) is 5.02 Å². The number of hydrogen-bond donors (Lipinski definition) is 2. The quantitative estimate of drug-likeness (QED) is 0.664. The molecule has 0 bridgehead atoms. The molecule has 0 spiro atoms. The molecule has 0 heterocycles. The number of benzene rings is 2. The first kappa shape index (κ1) is 13.6. The average molecular weight is 291 g/mol. The molecule has 2 nitrogen and oxygen atoms in total. The molecular weight excluding hydrogens is 275 g/mol. The van der Waals surface area contributed by atoms with Crippen molar-refractivity contribution >= 4 is 11.6 Å². The van der Waals surface area contributed by atoms with Crippen LogP contribution < -0.4 is 11.3 Å². The smallest absolute Gasteiger partial charge is 0.141 e. The van der Waals surface area contributed by atoms with Crippen molar-refractivity contribution in [1.29, 1.82) is 0 Å². The molecule has 20 heavy (non-hydrogen) atoms. The van der Waals surface area contributed by atoms with Crippen molar-refractivity contribution in [2.75, 3.05) is 0 Å². The van der Waals surface area contributed by atoms with Crippen molar-refractivity contribution < 1.29 is 4.39 Å². The third-order valence-corrected chi connectivity index (χ3v) is 4.27. The lowest BCUT2D eigenvalue weighted by Gasteiger charge is -2.17. The van der Waals surface area contributed by atoms with E-state index >= 15 is 0 Å². The lowest BCUT2D eigenvalue weighted by Crippen LogP contribution is -2.29. The van der Waals surface area contributed by atoms with E-state index in [4.69, 9.17) is 17.4 Å². The lowest BCUT2D eigenvalue weighted by molar-refractivity contribution is 0.486. The van der Waals surface area contributed by atoms with E-state index in [1.54, 1.807) is 12.1 Å². The van der Waals surface area contributed by atoms with Gasteiger partial charge in [0.2, 0.25) is 0 Å². The van der Waals surface area contributed by atoms with Gasteiger partial charge in [-0.2, -0.15) is 0 Å². The van der Waals surface area contributed by atoms with Crippen LogP contribution in [0.15, 0.2) is 48.5 Å². The maximum absolute atomic E-state index is 13.2. The standard InChI is InChI=1S/C16H16ClFN2/c17-14-8-11(6-7-15(14)18)16(20-19)13-9-12(13)10-4-2-1-3-5-10/h1-8,12-13,16,20H,9,19H2. The van der Waals surface area contributed by atoms with Crippen molar-refractivity contribution in [2.24, 2.45) is 11.8 Å².